The molecule has 0 aliphatic heterocycles. The molecular formula is C12H21NO3. The highest BCUT2D eigenvalue weighted by atomic mass is 16.5. The van der Waals surface area contributed by atoms with Gasteiger partial charge in [0.1, 0.15) is 0 Å². The van der Waals surface area contributed by atoms with Crippen LogP contribution in [0.2, 0.25) is 0 Å². The van der Waals surface area contributed by atoms with Gasteiger partial charge in [-0.2, -0.15) is 0 Å². The molecule has 0 saturated carbocycles. The molecule has 0 aliphatic rings. The van der Waals surface area contributed by atoms with Gasteiger partial charge < -0.3 is 10.1 Å². The number of carbonyl (C=O) groups is 2. The summed E-state index contributed by atoms with van der Waals surface area (Å²) in [6, 6.07) is 0. The molecule has 0 atom stereocenters. The summed E-state index contributed by atoms with van der Waals surface area (Å²) >= 11 is 0. The highest BCUT2D eigenvalue weighted by Gasteiger charge is 1.98. The average molecular weight is 227 g/mol. The number of amides is 1. The van der Waals surface area contributed by atoms with Crippen molar-refractivity contribution in [2.75, 3.05) is 7.11 Å². The van der Waals surface area contributed by atoms with E-state index >= 15 is 0 Å². The summed E-state index contributed by atoms with van der Waals surface area (Å²) in [5.41, 5.74) is 0. The van der Waals surface area contributed by atoms with Crippen molar-refractivity contribution in [1.29, 1.82) is 0 Å². The summed E-state index contributed by atoms with van der Waals surface area (Å²) in [6.45, 7) is 0. The summed E-state index contributed by atoms with van der Waals surface area (Å²) in [6.07, 6.45) is 11.2. The van der Waals surface area contributed by atoms with Gasteiger partial charge in [0, 0.05) is 6.42 Å². The predicted octanol–water partition coefficient (Wildman–Crippen LogP) is 2.15. The lowest BCUT2D eigenvalue weighted by molar-refractivity contribution is -0.140. The number of hydrogen-bond acceptors (Lipinski definition) is 3. The van der Waals surface area contributed by atoms with Crippen molar-refractivity contribution in [3.05, 3.63) is 12.3 Å². The van der Waals surface area contributed by atoms with Gasteiger partial charge in [-0.15, -0.1) is 0 Å². The van der Waals surface area contributed by atoms with Gasteiger partial charge in [-0.25, -0.2) is 0 Å². The van der Waals surface area contributed by atoms with Crippen LogP contribution >= 0.6 is 0 Å². The fraction of sp³-hybridized carbons (Fsp3) is 0.667. The molecule has 1 amide bonds. The molecule has 0 unspecified atom stereocenters. The van der Waals surface area contributed by atoms with Crippen LogP contribution in [0.15, 0.2) is 12.3 Å². The Hall–Kier alpha value is -1.32. The number of rotatable bonds is 10. The van der Waals surface area contributed by atoms with Crippen molar-refractivity contribution in [3.8, 4) is 0 Å². The van der Waals surface area contributed by atoms with E-state index in [0.717, 1.165) is 38.5 Å². The molecule has 16 heavy (non-hydrogen) atoms. The molecule has 0 heterocycles. The van der Waals surface area contributed by atoms with E-state index in [1.165, 1.54) is 7.11 Å². The first-order valence-corrected chi connectivity index (χ1v) is 5.72. The van der Waals surface area contributed by atoms with Crippen molar-refractivity contribution in [2.45, 2.75) is 44.9 Å². The molecule has 1 N–H and O–H groups in total. The van der Waals surface area contributed by atoms with E-state index in [4.69, 9.17) is 0 Å². The molecule has 0 aliphatic carbocycles. The predicted molar refractivity (Wildman–Crippen MR) is 62.7 cm³/mol. The molecule has 0 aromatic rings. The van der Waals surface area contributed by atoms with Crippen LogP contribution in [-0.4, -0.2) is 19.5 Å². The minimum absolute atomic E-state index is 0.122. The first-order valence-electron chi connectivity index (χ1n) is 5.72. The Balaban J connectivity index is 3.09. The van der Waals surface area contributed by atoms with E-state index < -0.39 is 0 Å². The Morgan fingerprint density at radius 3 is 2.56 bits per heavy atom. The monoisotopic (exact) mass is 227 g/mol. The van der Waals surface area contributed by atoms with E-state index in [9.17, 15) is 9.59 Å². The third kappa shape index (κ3) is 10.8. The zero-order valence-electron chi connectivity index (χ0n) is 9.91. The number of unbranched alkanes of at least 4 members (excludes halogenated alkanes) is 5. The van der Waals surface area contributed by atoms with Crippen LogP contribution in [0.4, 0.5) is 0 Å². The van der Waals surface area contributed by atoms with Crippen LogP contribution in [0.25, 0.3) is 0 Å². The van der Waals surface area contributed by atoms with Crippen LogP contribution in [0.5, 0.6) is 0 Å². The highest BCUT2D eigenvalue weighted by Crippen LogP contribution is 2.07. The number of allylic oxidation sites excluding steroid dienone is 1. The highest BCUT2D eigenvalue weighted by molar-refractivity contribution is 5.68. The molecule has 0 rings (SSSR count). The second kappa shape index (κ2) is 11.8. The Morgan fingerprint density at radius 1 is 1.19 bits per heavy atom. The molecule has 0 aromatic carbocycles. The second-order valence-corrected chi connectivity index (χ2v) is 3.57. The van der Waals surface area contributed by atoms with Crippen molar-refractivity contribution in [1.82, 2.24) is 5.32 Å². The zero-order valence-corrected chi connectivity index (χ0v) is 9.91. The minimum Gasteiger partial charge on any atom is -0.469 e. The van der Waals surface area contributed by atoms with E-state index in [1.54, 1.807) is 6.20 Å². The molecule has 0 aromatic heterocycles. The topological polar surface area (TPSA) is 55.4 Å². The number of esters is 1. The second-order valence-electron chi connectivity index (χ2n) is 3.57. The Morgan fingerprint density at radius 2 is 1.88 bits per heavy atom. The average Bonchev–Trinajstić information content (AvgIpc) is 2.31. The smallest absolute Gasteiger partial charge is 0.305 e. The molecular weight excluding hydrogens is 206 g/mol. The fourth-order valence-corrected chi connectivity index (χ4v) is 1.35. The van der Waals surface area contributed by atoms with Gasteiger partial charge in [-0.1, -0.05) is 25.3 Å². The van der Waals surface area contributed by atoms with E-state index in [-0.39, 0.29) is 5.97 Å². The van der Waals surface area contributed by atoms with Crippen LogP contribution in [-0.2, 0) is 14.3 Å². The minimum atomic E-state index is -0.122. The zero-order chi connectivity index (χ0) is 12.1. The first kappa shape index (κ1) is 14.7. The Bertz CT molecular complexity index is 214. The van der Waals surface area contributed by atoms with Gasteiger partial charge in [-0.05, 0) is 25.5 Å². The third-order valence-corrected chi connectivity index (χ3v) is 2.26. The molecule has 92 valence electrons. The normalized spacial score (nSPS) is 10.3. The van der Waals surface area contributed by atoms with Crippen molar-refractivity contribution < 1.29 is 14.3 Å². The van der Waals surface area contributed by atoms with Crippen LogP contribution in [0.3, 0.4) is 0 Å². The summed E-state index contributed by atoms with van der Waals surface area (Å²) in [7, 11) is 1.42. The van der Waals surface area contributed by atoms with Crippen LogP contribution in [0, 0.1) is 0 Å². The summed E-state index contributed by atoms with van der Waals surface area (Å²) in [5, 5.41) is 2.47. The van der Waals surface area contributed by atoms with E-state index in [2.05, 4.69) is 10.1 Å². The quantitative estimate of drug-likeness (QED) is 0.353. The third-order valence-electron chi connectivity index (χ3n) is 2.26. The van der Waals surface area contributed by atoms with Gasteiger partial charge in [0.2, 0.25) is 6.41 Å². The molecule has 4 heteroatoms. The molecule has 0 radical (unpaired) electrons. The lowest BCUT2D eigenvalue weighted by Gasteiger charge is -1.99. The van der Waals surface area contributed by atoms with Gasteiger partial charge in [0.15, 0.2) is 0 Å². The number of hydrogen-bond donors (Lipinski definition) is 1. The molecule has 0 fully saturated rings. The van der Waals surface area contributed by atoms with Crippen molar-refractivity contribution >= 4 is 12.4 Å². The van der Waals surface area contributed by atoms with Gasteiger partial charge in [0.25, 0.3) is 0 Å². The van der Waals surface area contributed by atoms with Crippen molar-refractivity contribution in [2.24, 2.45) is 0 Å². The van der Waals surface area contributed by atoms with Crippen molar-refractivity contribution in [3.63, 3.8) is 0 Å². The van der Waals surface area contributed by atoms with Gasteiger partial charge in [0.05, 0.1) is 7.11 Å². The Labute approximate surface area is 97.1 Å². The number of nitrogens with one attached hydrogen (secondary N) is 1. The maximum absolute atomic E-state index is 10.8. The fourth-order valence-electron chi connectivity index (χ4n) is 1.35. The largest absolute Gasteiger partial charge is 0.469 e. The summed E-state index contributed by atoms with van der Waals surface area (Å²) in [4.78, 5) is 20.7. The maximum Gasteiger partial charge on any atom is 0.305 e. The standard InChI is InChI=1S/C12H21NO3/c1-16-12(15)9-7-5-3-2-4-6-8-10-13-11-14/h8,10-11H,2-7,9H2,1H3,(H,13,14). The molecule has 0 saturated heterocycles. The van der Waals surface area contributed by atoms with Gasteiger partial charge >= 0.3 is 5.97 Å². The van der Waals surface area contributed by atoms with Crippen LogP contribution < -0.4 is 5.32 Å². The molecule has 0 bridgehead atoms. The molecule has 0 spiro atoms. The first-order chi connectivity index (χ1) is 7.81. The Kier molecular flexibility index (Phi) is 10.8. The SMILES string of the molecule is COC(=O)CCCCCCCC=CNC=O. The van der Waals surface area contributed by atoms with E-state index in [0.29, 0.717) is 12.8 Å². The number of methoxy groups -OCH3 is 1. The number of ether oxygens (including phenoxy) is 1. The lowest BCUT2D eigenvalue weighted by Crippen LogP contribution is -1.99. The maximum atomic E-state index is 10.8. The van der Waals surface area contributed by atoms with E-state index in [1.807, 2.05) is 6.08 Å². The lowest BCUT2D eigenvalue weighted by atomic mass is 10.1. The number of carbonyl (C=O) groups excluding carboxylic acids is 2. The summed E-state index contributed by atoms with van der Waals surface area (Å²) < 4.78 is 4.55. The van der Waals surface area contributed by atoms with Gasteiger partial charge in [-0.3, -0.25) is 9.59 Å². The summed E-state index contributed by atoms with van der Waals surface area (Å²) in [5.74, 6) is -0.122. The van der Waals surface area contributed by atoms with Crippen LogP contribution in [0.1, 0.15) is 44.9 Å². The molecule has 4 nitrogen and oxygen atoms in total.